The van der Waals surface area contributed by atoms with E-state index in [1.54, 1.807) is 11.3 Å². The Labute approximate surface area is 249 Å². The number of rotatable bonds is 9. The smallest absolute Gasteiger partial charge is 0.253 e. The fourth-order valence-corrected chi connectivity index (χ4v) is 6.62. The number of hydrogen-bond donors (Lipinski definition) is 1. The molecule has 2 aliphatic heterocycles. The maximum absolute atomic E-state index is 12.7. The second-order valence-corrected chi connectivity index (χ2v) is 11.4. The largest absolute Gasteiger partial charge is 0.384 e. The summed E-state index contributed by atoms with van der Waals surface area (Å²) in [6.07, 6.45) is 6.28. The Bertz CT molecular complexity index is 1180. The highest BCUT2D eigenvalue weighted by atomic mass is 35.5. The Hall–Kier alpha value is -1.90. The van der Waals surface area contributed by atoms with Crippen LogP contribution in [0.4, 0.5) is 5.69 Å². The van der Waals surface area contributed by atoms with E-state index in [2.05, 4.69) is 27.7 Å². The number of piperidine rings is 1. The number of carbonyl (C=O) groups excluding carboxylic acids is 1. The van der Waals surface area contributed by atoms with Crippen molar-refractivity contribution in [1.29, 1.82) is 0 Å². The number of benzene rings is 1. The van der Waals surface area contributed by atoms with Gasteiger partial charge in [-0.2, -0.15) is 0 Å². The number of halogens is 2. The van der Waals surface area contributed by atoms with E-state index >= 15 is 0 Å². The van der Waals surface area contributed by atoms with E-state index in [0.29, 0.717) is 5.41 Å². The zero-order chi connectivity index (χ0) is 25.7. The molecule has 2 fully saturated rings. The molecule has 1 N–H and O–H groups in total. The van der Waals surface area contributed by atoms with Crippen molar-refractivity contribution in [3.63, 3.8) is 0 Å². The molecule has 214 valence electrons. The molecule has 0 unspecified atom stereocenters. The monoisotopic (exact) mass is 592 g/mol. The minimum atomic E-state index is 0. The minimum Gasteiger partial charge on any atom is -0.384 e. The summed E-state index contributed by atoms with van der Waals surface area (Å²) in [5, 5.41) is 5.82. The third-order valence-corrected chi connectivity index (χ3v) is 9.26. The zero-order valence-corrected chi connectivity index (χ0v) is 25.6. The number of nitrogens with zero attached hydrogens (tertiary/aromatic N) is 3. The first-order valence-corrected chi connectivity index (χ1v) is 14.8. The van der Waals surface area contributed by atoms with Crippen LogP contribution in [0.15, 0.2) is 41.8 Å². The van der Waals surface area contributed by atoms with Gasteiger partial charge in [-0.1, -0.05) is 12.1 Å². The van der Waals surface area contributed by atoms with Crippen molar-refractivity contribution < 1.29 is 9.53 Å². The predicted molar refractivity (Wildman–Crippen MR) is 168 cm³/mol. The summed E-state index contributed by atoms with van der Waals surface area (Å²) < 4.78 is 6.80. The van der Waals surface area contributed by atoms with Crippen LogP contribution in [0, 0.1) is 5.41 Å². The van der Waals surface area contributed by atoms with Crippen LogP contribution < -0.4 is 5.32 Å². The van der Waals surface area contributed by atoms with Crippen LogP contribution in [-0.4, -0.2) is 73.2 Å². The summed E-state index contributed by atoms with van der Waals surface area (Å²) >= 11 is 1.74. The normalized spacial score (nSPS) is 16.9. The molecule has 1 spiro atoms. The van der Waals surface area contributed by atoms with Gasteiger partial charge in [0.05, 0.1) is 21.6 Å². The summed E-state index contributed by atoms with van der Waals surface area (Å²) in [5.41, 5.74) is 5.42. The van der Waals surface area contributed by atoms with Crippen molar-refractivity contribution in [3.8, 4) is 11.3 Å². The first-order chi connectivity index (χ1) is 18.1. The molecule has 6 nitrogen and oxygen atoms in total. The highest BCUT2D eigenvalue weighted by Gasteiger charge is 2.35. The molecule has 5 rings (SSSR count). The molecule has 0 aliphatic carbocycles. The van der Waals surface area contributed by atoms with Gasteiger partial charge in [0.1, 0.15) is 0 Å². The lowest BCUT2D eigenvalue weighted by Crippen LogP contribution is -2.43. The number of pyridine rings is 1. The third-order valence-electron chi connectivity index (χ3n) is 8.33. The molecule has 9 heteroatoms. The average molecular weight is 594 g/mol. The van der Waals surface area contributed by atoms with Crippen molar-refractivity contribution in [2.24, 2.45) is 5.41 Å². The number of nitrogens with one attached hydrogen (secondary N) is 1. The van der Waals surface area contributed by atoms with Gasteiger partial charge in [0.2, 0.25) is 0 Å². The number of ether oxygens (including phenoxy) is 1. The first kappa shape index (κ1) is 31.6. The Morgan fingerprint density at radius 3 is 2.41 bits per heavy atom. The first-order valence-electron chi connectivity index (χ1n) is 13.9. The van der Waals surface area contributed by atoms with Crippen molar-refractivity contribution in [2.45, 2.75) is 46.0 Å². The molecule has 0 bridgehead atoms. The number of likely N-dealkylation sites (tertiary alicyclic amines) is 1. The number of aromatic nitrogens is 1. The summed E-state index contributed by atoms with van der Waals surface area (Å²) in [6, 6.07) is 12.1. The highest BCUT2D eigenvalue weighted by Crippen LogP contribution is 2.40. The van der Waals surface area contributed by atoms with E-state index < -0.39 is 0 Å². The molecule has 1 amide bonds. The Morgan fingerprint density at radius 1 is 1.05 bits per heavy atom. The fourth-order valence-electron chi connectivity index (χ4n) is 5.79. The molecule has 4 heterocycles. The molecule has 2 saturated heterocycles. The highest BCUT2D eigenvalue weighted by molar-refractivity contribution is 7.17. The van der Waals surface area contributed by atoms with E-state index in [-0.39, 0.29) is 30.7 Å². The molecule has 0 radical (unpaired) electrons. The number of hydrogen-bond acceptors (Lipinski definition) is 6. The number of fused-ring (bicyclic) bond motifs is 1. The van der Waals surface area contributed by atoms with Crippen molar-refractivity contribution in [1.82, 2.24) is 14.8 Å². The van der Waals surface area contributed by atoms with Crippen molar-refractivity contribution in [2.75, 3.05) is 57.8 Å². The Balaban J connectivity index is 0.00000210. The number of amides is 1. The molecule has 2 aromatic heterocycles. The van der Waals surface area contributed by atoms with Gasteiger partial charge in [-0.05, 0) is 101 Å². The van der Waals surface area contributed by atoms with E-state index in [9.17, 15) is 4.79 Å². The maximum Gasteiger partial charge on any atom is 0.253 e. The summed E-state index contributed by atoms with van der Waals surface area (Å²) in [7, 11) is 0. The van der Waals surface area contributed by atoms with Crippen LogP contribution in [0.25, 0.3) is 21.5 Å². The fraction of sp³-hybridized carbons (Fsp3) is 0.533. The molecule has 0 saturated carbocycles. The summed E-state index contributed by atoms with van der Waals surface area (Å²) in [6.45, 7) is 11.9. The van der Waals surface area contributed by atoms with Crippen molar-refractivity contribution >= 4 is 58.0 Å². The molecular formula is C30H42Cl2N4O2S. The van der Waals surface area contributed by atoms with Gasteiger partial charge < -0.3 is 19.9 Å². The third kappa shape index (κ3) is 7.44. The van der Waals surface area contributed by atoms with Gasteiger partial charge >= 0.3 is 0 Å². The van der Waals surface area contributed by atoms with E-state index in [1.807, 2.05) is 43.0 Å². The zero-order valence-electron chi connectivity index (χ0n) is 23.1. The summed E-state index contributed by atoms with van der Waals surface area (Å²) in [4.78, 5) is 22.1. The predicted octanol–water partition coefficient (Wildman–Crippen LogP) is 6.98. The lowest BCUT2D eigenvalue weighted by molar-refractivity contribution is -0.0204. The van der Waals surface area contributed by atoms with Crippen LogP contribution in [0.1, 0.15) is 56.3 Å². The lowest BCUT2D eigenvalue weighted by Gasteiger charge is -2.44. The lowest BCUT2D eigenvalue weighted by atomic mass is 9.72. The van der Waals surface area contributed by atoms with Gasteiger partial charge in [0, 0.05) is 44.0 Å². The maximum atomic E-state index is 12.7. The van der Waals surface area contributed by atoms with Gasteiger partial charge in [-0.15, -0.1) is 36.2 Å². The quantitative estimate of drug-likeness (QED) is 0.271. The van der Waals surface area contributed by atoms with Crippen LogP contribution in [-0.2, 0) is 4.74 Å². The van der Waals surface area contributed by atoms with Crippen LogP contribution >= 0.6 is 36.2 Å². The number of anilines is 1. The molecule has 2 aliphatic rings. The second-order valence-electron chi connectivity index (χ2n) is 10.5. The van der Waals surface area contributed by atoms with Gasteiger partial charge in [0.15, 0.2) is 0 Å². The summed E-state index contributed by atoms with van der Waals surface area (Å²) in [5.74, 6) is 0.0804. The van der Waals surface area contributed by atoms with E-state index in [1.165, 1.54) is 43.5 Å². The second kappa shape index (κ2) is 14.6. The number of thiophene rings is 1. The minimum absolute atomic E-state index is 0. The van der Waals surface area contributed by atoms with Crippen LogP contribution in [0.5, 0.6) is 0 Å². The Kier molecular flexibility index (Phi) is 11.9. The average Bonchev–Trinajstić information content (AvgIpc) is 3.42. The van der Waals surface area contributed by atoms with Crippen molar-refractivity contribution in [3.05, 3.63) is 47.3 Å². The molecular weight excluding hydrogens is 551 g/mol. The standard InChI is InChI=1S/C30H40N4O2S.2ClH/c1-3-34(4-2)29(35)24-8-6-23(7-9-24)26-22-27(28-25(32-26)10-21-37-28)31-15-5-16-33-17-11-30(12-18-33)13-19-36-20-14-30;;/h6-10,21-22H,3-5,11-20H2,1-2H3,(H,31,32);2*1H. The molecule has 39 heavy (non-hydrogen) atoms. The van der Waals surface area contributed by atoms with Gasteiger partial charge in [0.25, 0.3) is 5.91 Å². The molecule has 3 aromatic rings. The Morgan fingerprint density at radius 2 is 1.74 bits per heavy atom. The number of carbonyl (C=O) groups is 1. The molecule has 1 aromatic carbocycles. The van der Waals surface area contributed by atoms with Gasteiger partial charge in [-0.25, -0.2) is 4.98 Å². The van der Waals surface area contributed by atoms with E-state index in [0.717, 1.165) is 73.8 Å². The SMILES string of the molecule is CCN(CC)C(=O)c1ccc(-c2cc(NCCCN3CCC4(CCOCC4)CC3)c3sccc3n2)cc1.Cl.Cl. The van der Waals surface area contributed by atoms with Gasteiger partial charge in [-0.3, -0.25) is 4.79 Å². The van der Waals surface area contributed by atoms with Crippen LogP contribution in [0.2, 0.25) is 0 Å². The molecule has 0 atom stereocenters. The van der Waals surface area contributed by atoms with E-state index in [4.69, 9.17) is 9.72 Å². The topological polar surface area (TPSA) is 57.7 Å². The van der Waals surface area contributed by atoms with Crippen LogP contribution in [0.3, 0.4) is 0 Å².